The van der Waals surface area contributed by atoms with Gasteiger partial charge in [0.2, 0.25) is 5.91 Å². The number of hydrogen-bond acceptors (Lipinski definition) is 5. The second kappa shape index (κ2) is 7.46. The first-order chi connectivity index (χ1) is 12.4. The zero-order valence-corrected chi connectivity index (χ0v) is 15.5. The van der Waals surface area contributed by atoms with E-state index in [9.17, 15) is 13.2 Å². The molecule has 2 heterocycles. The molecule has 9 heteroatoms. The van der Waals surface area contributed by atoms with Gasteiger partial charge in [-0.2, -0.15) is 5.10 Å². The maximum absolute atomic E-state index is 12.7. The van der Waals surface area contributed by atoms with Crippen LogP contribution >= 0.6 is 0 Å². The predicted molar refractivity (Wildman–Crippen MR) is 97.6 cm³/mol. The van der Waals surface area contributed by atoms with E-state index < -0.39 is 10.0 Å². The van der Waals surface area contributed by atoms with Crippen molar-refractivity contribution in [2.24, 2.45) is 0 Å². The molecule has 1 fully saturated rings. The van der Waals surface area contributed by atoms with Gasteiger partial charge in [0.1, 0.15) is 0 Å². The first-order valence-electron chi connectivity index (χ1n) is 8.44. The van der Waals surface area contributed by atoms with Crippen LogP contribution in [0.25, 0.3) is 0 Å². The van der Waals surface area contributed by atoms with Crippen molar-refractivity contribution in [2.45, 2.75) is 37.6 Å². The number of anilines is 2. The largest absolute Gasteiger partial charge is 0.379 e. The van der Waals surface area contributed by atoms with Gasteiger partial charge in [-0.15, -0.1) is 0 Å². The zero-order valence-electron chi connectivity index (χ0n) is 14.7. The van der Waals surface area contributed by atoms with Crippen LogP contribution in [0.5, 0.6) is 0 Å². The fourth-order valence-electron chi connectivity index (χ4n) is 2.81. The van der Waals surface area contributed by atoms with Crippen LogP contribution in [0.4, 0.5) is 11.4 Å². The number of aromatic nitrogens is 2. The third kappa shape index (κ3) is 4.05. The third-order valence-electron chi connectivity index (χ3n) is 4.20. The summed E-state index contributed by atoms with van der Waals surface area (Å²) in [6, 6.07) is 4.84. The van der Waals surface area contributed by atoms with E-state index in [-0.39, 0.29) is 16.8 Å². The van der Waals surface area contributed by atoms with Gasteiger partial charge in [-0.1, -0.05) is 6.92 Å². The summed E-state index contributed by atoms with van der Waals surface area (Å²) in [4.78, 5) is 11.6. The minimum Gasteiger partial charge on any atom is -0.379 e. The van der Waals surface area contributed by atoms with Crippen molar-refractivity contribution >= 4 is 27.3 Å². The monoisotopic (exact) mass is 378 g/mol. The van der Waals surface area contributed by atoms with Crippen molar-refractivity contribution in [1.29, 1.82) is 0 Å². The molecule has 0 saturated carbocycles. The number of hydrogen-bond donors (Lipinski definition) is 2. The first kappa shape index (κ1) is 18.4. The summed E-state index contributed by atoms with van der Waals surface area (Å²) in [6.07, 6.45) is 4.37. The number of nitrogens with zero attached hydrogens (tertiary/aromatic N) is 2. The van der Waals surface area contributed by atoms with E-state index in [0.29, 0.717) is 36.6 Å². The molecule has 1 aromatic heterocycles. The fraction of sp³-hybridized carbons (Fsp3) is 0.412. The number of carbonyl (C=O) groups is 1. The van der Waals surface area contributed by atoms with Crippen LogP contribution in [0.15, 0.2) is 35.5 Å². The lowest BCUT2D eigenvalue weighted by molar-refractivity contribution is -0.115. The lowest BCUT2D eigenvalue weighted by Gasteiger charge is -2.11. The minimum absolute atomic E-state index is 0.124. The van der Waals surface area contributed by atoms with E-state index in [2.05, 4.69) is 15.1 Å². The Morgan fingerprint density at radius 1 is 1.38 bits per heavy atom. The Hall–Kier alpha value is -2.39. The number of aryl methyl sites for hydroxylation is 1. The molecule has 0 aliphatic carbocycles. The van der Waals surface area contributed by atoms with Gasteiger partial charge in [-0.3, -0.25) is 14.2 Å². The molecule has 1 aromatic carbocycles. The molecule has 0 radical (unpaired) electrons. The SMILES string of the molecule is CCC(=O)Nc1ccc(S(=O)(=O)Nc2cnn([C@@H]3CCOC3)c2)c(C)c1. The van der Waals surface area contributed by atoms with Gasteiger partial charge in [0.25, 0.3) is 10.0 Å². The molecule has 1 saturated heterocycles. The highest BCUT2D eigenvalue weighted by atomic mass is 32.2. The Bertz CT molecular complexity index is 901. The molecule has 3 rings (SSSR count). The maximum atomic E-state index is 12.7. The van der Waals surface area contributed by atoms with Crippen molar-refractivity contribution in [3.63, 3.8) is 0 Å². The van der Waals surface area contributed by atoms with E-state index in [1.54, 1.807) is 36.9 Å². The fourth-order valence-corrected chi connectivity index (χ4v) is 4.06. The molecule has 2 aromatic rings. The van der Waals surface area contributed by atoms with Gasteiger partial charge in [-0.25, -0.2) is 8.42 Å². The summed E-state index contributed by atoms with van der Waals surface area (Å²) in [5, 5.41) is 6.93. The number of ether oxygens (including phenoxy) is 1. The molecule has 1 amide bonds. The lowest BCUT2D eigenvalue weighted by atomic mass is 10.2. The molecule has 0 unspecified atom stereocenters. The van der Waals surface area contributed by atoms with Gasteiger partial charge < -0.3 is 10.1 Å². The van der Waals surface area contributed by atoms with Crippen molar-refractivity contribution in [2.75, 3.05) is 23.3 Å². The highest BCUT2D eigenvalue weighted by molar-refractivity contribution is 7.92. The Kier molecular flexibility index (Phi) is 5.28. The smallest absolute Gasteiger partial charge is 0.262 e. The Labute approximate surface area is 152 Å². The number of benzene rings is 1. The molecular formula is C17H22N4O4S. The summed E-state index contributed by atoms with van der Waals surface area (Å²) in [5.41, 5.74) is 1.52. The average Bonchev–Trinajstić information content (AvgIpc) is 3.25. The third-order valence-corrected chi connectivity index (χ3v) is 5.74. The molecule has 1 atom stereocenters. The van der Waals surface area contributed by atoms with Gasteiger partial charge in [-0.05, 0) is 37.1 Å². The highest BCUT2D eigenvalue weighted by Gasteiger charge is 2.21. The molecule has 0 bridgehead atoms. The number of sulfonamides is 1. The normalized spacial score (nSPS) is 17.2. The molecule has 0 spiro atoms. The Morgan fingerprint density at radius 2 is 2.19 bits per heavy atom. The Balaban J connectivity index is 1.76. The maximum Gasteiger partial charge on any atom is 0.262 e. The number of carbonyl (C=O) groups excluding carboxylic acids is 1. The number of amides is 1. The second-order valence-electron chi connectivity index (χ2n) is 6.21. The predicted octanol–water partition coefficient (Wildman–Crippen LogP) is 2.30. The summed E-state index contributed by atoms with van der Waals surface area (Å²) in [6.45, 7) is 4.71. The number of rotatable bonds is 6. The lowest BCUT2D eigenvalue weighted by Crippen LogP contribution is -2.15. The molecular weight excluding hydrogens is 356 g/mol. The first-order valence-corrected chi connectivity index (χ1v) is 9.92. The van der Waals surface area contributed by atoms with Gasteiger partial charge >= 0.3 is 0 Å². The zero-order chi connectivity index (χ0) is 18.7. The van der Waals surface area contributed by atoms with Crippen LogP contribution in [0.1, 0.15) is 31.4 Å². The number of nitrogens with one attached hydrogen (secondary N) is 2. The van der Waals surface area contributed by atoms with Gasteiger partial charge in [0.15, 0.2) is 0 Å². The van der Waals surface area contributed by atoms with Crippen LogP contribution < -0.4 is 10.0 Å². The van der Waals surface area contributed by atoms with E-state index in [4.69, 9.17) is 4.74 Å². The molecule has 1 aliphatic heterocycles. The van der Waals surface area contributed by atoms with Crippen LogP contribution in [0, 0.1) is 6.92 Å². The van der Waals surface area contributed by atoms with Gasteiger partial charge in [0, 0.05) is 24.9 Å². The molecule has 8 nitrogen and oxygen atoms in total. The highest BCUT2D eigenvalue weighted by Crippen LogP contribution is 2.24. The van der Waals surface area contributed by atoms with Crippen LogP contribution in [0.2, 0.25) is 0 Å². The second-order valence-corrected chi connectivity index (χ2v) is 7.86. The van der Waals surface area contributed by atoms with E-state index in [0.717, 1.165) is 6.42 Å². The molecule has 26 heavy (non-hydrogen) atoms. The minimum atomic E-state index is -3.75. The van der Waals surface area contributed by atoms with E-state index >= 15 is 0 Å². The standard InChI is InChI=1S/C17H22N4O4S/c1-3-17(22)19-13-4-5-16(12(2)8-13)26(23,24)20-14-9-18-21(10-14)15-6-7-25-11-15/h4-5,8-10,15,20H,3,6-7,11H2,1-2H3,(H,19,22)/t15-/m1/s1. The van der Waals surface area contributed by atoms with Crippen molar-refractivity contribution < 1.29 is 17.9 Å². The summed E-state index contributed by atoms with van der Waals surface area (Å²) >= 11 is 0. The van der Waals surface area contributed by atoms with Crippen molar-refractivity contribution in [3.8, 4) is 0 Å². The summed E-state index contributed by atoms with van der Waals surface area (Å²) < 4.78 is 35.0. The Morgan fingerprint density at radius 3 is 2.85 bits per heavy atom. The van der Waals surface area contributed by atoms with Crippen LogP contribution in [0.3, 0.4) is 0 Å². The summed E-state index contributed by atoms with van der Waals surface area (Å²) in [7, 11) is -3.75. The van der Waals surface area contributed by atoms with Crippen molar-refractivity contribution in [3.05, 3.63) is 36.2 Å². The van der Waals surface area contributed by atoms with Gasteiger partial charge in [0.05, 0.1) is 29.4 Å². The molecule has 1 aliphatic rings. The summed E-state index contributed by atoms with van der Waals surface area (Å²) in [5.74, 6) is -0.124. The van der Waals surface area contributed by atoms with Crippen molar-refractivity contribution in [1.82, 2.24) is 9.78 Å². The topological polar surface area (TPSA) is 102 Å². The molecule has 140 valence electrons. The molecule has 2 N–H and O–H groups in total. The van der Waals surface area contributed by atoms with Crippen LogP contribution in [-0.4, -0.2) is 37.3 Å². The quantitative estimate of drug-likeness (QED) is 0.803. The average molecular weight is 378 g/mol. The van der Waals surface area contributed by atoms with E-state index in [1.807, 2.05) is 0 Å². The van der Waals surface area contributed by atoms with Crippen LogP contribution in [-0.2, 0) is 19.6 Å². The van der Waals surface area contributed by atoms with E-state index in [1.165, 1.54) is 12.3 Å².